The van der Waals surface area contributed by atoms with Gasteiger partial charge in [-0.15, -0.1) is 0 Å². The highest BCUT2D eigenvalue weighted by molar-refractivity contribution is 7.00. The molecule has 0 radical (unpaired) electrons. The van der Waals surface area contributed by atoms with Crippen LogP contribution in [0.1, 0.15) is 17.2 Å². The molecule has 1 unspecified atom stereocenters. The first-order valence-corrected chi connectivity index (χ1v) is 20.4. The first-order valence-electron chi connectivity index (χ1n) is 20.4. The van der Waals surface area contributed by atoms with E-state index in [9.17, 15) is 0 Å². The lowest BCUT2D eigenvalue weighted by Gasteiger charge is -2.44. The number of aromatic nitrogens is 1. The molecule has 1 aromatic heterocycles. The third-order valence-electron chi connectivity index (χ3n) is 12.3. The number of fused-ring (bicyclic) bond motifs is 7. The zero-order valence-corrected chi connectivity index (χ0v) is 32.3. The van der Waals surface area contributed by atoms with Gasteiger partial charge in [-0.2, -0.15) is 4.57 Å². The summed E-state index contributed by atoms with van der Waals surface area (Å²) in [5.74, 6) is 0. The summed E-state index contributed by atoms with van der Waals surface area (Å²) in [6, 6.07) is 77.5. The van der Waals surface area contributed by atoms with Gasteiger partial charge in [0.05, 0.1) is 5.69 Å². The molecule has 3 aliphatic rings. The fraction of sp³-hybridized carbons (Fsp3) is 0.0185. The topological polar surface area (TPSA) is 13.6 Å². The highest BCUT2D eigenvalue weighted by Crippen LogP contribution is 2.53. The van der Waals surface area contributed by atoms with E-state index in [1.54, 1.807) is 0 Å². The van der Waals surface area contributed by atoms with Gasteiger partial charge in [0.2, 0.25) is 6.04 Å². The maximum absolute atomic E-state index is 2.56. The van der Waals surface area contributed by atoms with Crippen molar-refractivity contribution in [3.8, 4) is 11.1 Å². The van der Waals surface area contributed by atoms with E-state index >= 15 is 0 Å². The van der Waals surface area contributed by atoms with Gasteiger partial charge < -0.3 is 14.7 Å². The van der Waals surface area contributed by atoms with Crippen molar-refractivity contribution in [3.63, 3.8) is 0 Å². The van der Waals surface area contributed by atoms with Crippen LogP contribution in [0.15, 0.2) is 225 Å². The first kappa shape index (κ1) is 33.5. The summed E-state index contributed by atoms with van der Waals surface area (Å²) in [5, 5.41) is 0. The normalized spacial score (nSPS) is 14.2. The van der Waals surface area contributed by atoms with Crippen LogP contribution >= 0.6 is 0 Å². The van der Waals surface area contributed by atoms with Crippen LogP contribution in [0.3, 0.4) is 0 Å². The van der Waals surface area contributed by atoms with Crippen molar-refractivity contribution >= 4 is 74.3 Å². The molecule has 59 heavy (non-hydrogen) atoms. The average molecular weight is 754 g/mol. The van der Waals surface area contributed by atoms with Gasteiger partial charge in [-0.25, -0.2) is 0 Å². The molecular formula is C54H38BN4+. The maximum atomic E-state index is 2.56. The number of hydrogen-bond donors (Lipinski definition) is 0. The summed E-state index contributed by atoms with van der Waals surface area (Å²) in [5.41, 5.74) is 19.6. The second-order valence-electron chi connectivity index (χ2n) is 15.5. The minimum absolute atomic E-state index is 0.0102. The molecule has 12 rings (SSSR count). The number of benzene rings is 8. The Labute approximate surface area is 345 Å². The monoisotopic (exact) mass is 753 g/mol. The Bertz CT molecular complexity index is 2970. The Hall–Kier alpha value is -7.63. The molecule has 2 aliphatic heterocycles. The largest absolute Gasteiger partial charge is 0.311 e. The standard InChI is InChI=1S/C54H38BN4/c1-6-20-38(21-7-1)57(39-22-8-2-9-23-39)48-31-18-28-42-52(48)43-36-46-51(37-44(43)54(42)56-34-16-5-17-35-56)59(41-26-12-4-13-27-41)50-33-19-32-49-53(50)55(46)45-29-14-15-30-47(45)58(49)40-24-10-3-11-25-40/h1-37,54H/q+1. The van der Waals surface area contributed by atoms with Crippen molar-refractivity contribution in [2.75, 3.05) is 14.7 Å². The Balaban J connectivity index is 1.18. The molecule has 9 aromatic rings. The molecule has 4 nitrogen and oxygen atoms in total. The van der Waals surface area contributed by atoms with Crippen molar-refractivity contribution in [3.05, 3.63) is 236 Å². The number of pyridine rings is 1. The number of hydrogen-bond acceptors (Lipinski definition) is 3. The van der Waals surface area contributed by atoms with E-state index in [-0.39, 0.29) is 12.8 Å². The first-order chi connectivity index (χ1) is 29.3. The van der Waals surface area contributed by atoms with Gasteiger partial charge in [-0.1, -0.05) is 121 Å². The second-order valence-corrected chi connectivity index (χ2v) is 15.5. The fourth-order valence-electron chi connectivity index (χ4n) is 10.0. The molecule has 1 atom stereocenters. The van der Waals surface area contributed by atoms with Crippen molar-refractivity contribution in [2.24, 2.45) is 0 Å². The quantitative estimate of drug-likeness (QED) is 0.124. The predicted octanol–water partition coefficient (Wildman–Crippen LogP) is 11.1. The van der Waals surface area contributed by atoms with E-state index in [1.807, 2.05) is 0 Å². The van der Waals surface area contributed by atoms with E-state index in [4.69, 9.17) is 0 Å². The van der Waals surface area contributed by atoms with Gasteiger partial charge in [-0.3, -0.25) is 0 Å². The van der Waals surface area contributed by atoms with Crippen molar-refractivity contribution in [1.29, 1.82) is 0 Å². The van der Waals surface area contributed by atoms with Crippen LogP contribution in [0.2, 0.25) is 0 Å². The number of anilines is 9. The maximum Gasteiger partial charge on any atom is 0.252 e. The molecule has 3 heterocycles. The number of para-hydroxylation sites is 5. The lowest BCUT2D eigenvalue weighted by Crippen LogP contribution is -2.61. The third kappa shape index (κ3) is 5.14. The van der Waals surface area contributed by atoms with Crippen LogP contribution < -0.4 is 35.7 Å². The van der Waals surface area contributed by atoms with Crippen LogP contribution in [-0.2, 0) is 0 Å². The molecule has 8 aromatic carbocycles. The van der Waals surface area contributed by atoms with Crippen LogP contribution in [0, 0.1) is 0 Å². The van der Waals surface area contributed by atoms with Crippen molar-refractivity contribution < 1.29 is 4.57 Å². The van der Waals surface area contributed by atoms with Gasteiger partial charge in [0.15, 0.2) is 12.4 Å². The molecule has 0 fully saturated rings. The molecule has 0 saturated carbocycles. The smallest absolute Gasteiger partial charge is 0.252 e. The van der Waals surface area contributed by atoms with E-state index in [1.165, 1.54) is 61.4 Å². The van der Waals surface area contributed by atoms with E-state index in [0.717, 1.165) is 28.4 Å². The fourth-order valence-corrected chi connectivity index (χ4v) is 10.0. The summed E-state index contributed by atoms with van der Waals surface area (Å²) >= 11 is 0. The summed E-state index contributed by atoms with van der Waals surface area (Å²) in [6.45, 7) is 0.0102. The summed E-state index contributed by atoms with van der Waals surface area (Å²) < 4.78 is 2.38. The SMILES string of the molecule is c1ccc(N(c2ccccc2)c2cccc3c2-c2cc4c(cc2C3[n+]2ccccc2)N(c2ccccc2)c2cccc3c2B4c2ccccc2N3c2ccccc2)cc1. The molecule has 0 saturated heterocycles. The average Bonchev–Trinajstić information content (AvgIpc) is 3.64. The Kier molecular flexibility index (Phi) is 7.67. The molecule has 0 spiro atoms. The minimum atomic E-state index is -0.0302. The zero-order chi connectivity index (χ0) is 38.9. The lowest BCUT2D eigenvalue weighted by atomic mass is 9.33. The van der Waals surface area contributed by atoms with Crippen molar-refractivity contribution in [1.82, 2.24) is 0 Å². The Morgan fingerprint density at radius 2 is 0.949 bits per heavy atom. The minimum Gasteiger partial charge on any atom is -0.311 e. The third-order valence-corrected chi connectivity index (χ3v) is 12.3. The van der Waals surface area contributed by atoms with Crippen LogP contribution in [0.5, 0.6) is 0 Å². The summed E-state index contributed by atoms with van der Waals surface area (Å²) in [4.78, 5) is 7.40. The van der Waals surface area contributed by atoms with Crippen molar-refractivity contribution in [2.45, 2.75) is 6.04 Å². The Morgan fingerprint density at radius 1 is 0.424 bits per heavy atom. The molecular weight excluding hydrogens is 715 g/mol. The van der Waals surface area contributed by atoms with Crippen LogP contribution in [0.4, 0.5) is 51.2 Å². The summed E-state index contributed by atoms with van der Waals surface area (Å²) in [6.07, 6.45) is 4.43. The van der Waals surface area contributed by atoms with E-state index in [2.05, 4.69) is 244 Å². The Morgan fingerprint density at radius 3 is 1.59 bits per heavy atom. The van der Waals surface area contributed by atoms with E-state index in [0.29, 0.717) is 0 Å². The predicted molar refractivity (Wildman–Crippen MR) is 244 cm³/mol. The molecule has 0 N–H and O–H groups in total. The van der Waals surface area contributed by atoms with Gasteiger partial charge in [-0.05, 0) is 101 Å². The summed E-state index contributed by atoms with van der Waals surface area (Å²) in [7, 11) is 0. The van der Waals surface area contributed by atoms with Gasteiger partial charge in [0.25, 0.3) is 6.71 Å². The second kappa shape index (κ2) is 13.5. The van der Waals surface area contributed by atoms with E-state index < -0.39 is 0 Å². The molecule has 276 valence electrons. The van der Waals surface area contributed by atoms with Crippen LogP contribution in [-0.4, -0.2) is 6.71 Å². The van der Waals surface area contributed by atoms with Gasteiger partial charge >= 0.3 is 0 Å². The van der Waals surface area contributed by atoms with Crippen LogP contribution in [0.25, 0.3) is 11.1 Å². The molecule has 0 amide bonds. The highest BCUT2D eigenvalue weighted by Gasteiger charge is 2.46. The number of nitrogens with zero attached hydrogens (tertiary/aromatic N) is 4. The molecule has 0 bridgehead atoms. The zero-order valence-electron chi connectivity index (χ0n) is 32.3. The molecule has 5 heteroatoms. The molecule has 1 aliphatic carbocycles. The number of rotatable bonds is 6. The van der Waals surface area contributed by atoms with Gasteiger partial charge in [0.1, 0.15) is 0 Å². The van der Waals surface area contributed by atoms with Gasteiger partial charge in [0, 0.05) is 74.3 Å². The highest BCUT2D eigenvalue weighted by atomic mass is 15.2. The lowest BCUT2D eigenvalue weighted by molar-refractivity contribution is -0.704.